The topological polar surface area (TPSA) is 47.6 Å². The average Bonchev–Trinajstić information content (AvgIpc) is 2.30. The minimum absolute atomic E-state index is 0.111. The van der Waals surface area contributed by atoms with E-state index in [2.05, 4.69) is 19.2 Å². The molecule has 1 saturated heterocycles. The lowest BCUT2D eigenvalue weighted by atomic mass is 9.91. The molecule has 0 saturated carbocycles. The van der Waals surface area contributed by atoms with Crippen molar-refractivity contribution in [1.29, 1.82) is 0 Å². The van der Waals surface area contributed by atoms with E-state index in [0.717, 1.165) is 32.6 Å². The second-order valence-electron chi connectivity index (χ2n) is 4.98. The molecule has 1 aliphatic heterocycles. The number of carbonyl (C=O) groups is 1. The van der Waals surface area contributed by atoms with Crippen LogP contribution in [0.15, 0.2) is 0 Å². The summed E-state index contributed by atoms with van der Waals surface area (Å²) < 4.78 is 10.5. The molecule has 0 aromatic carbocycles. The van der Waals surface area contributed by atoms with E-state index in [1.165, 1.54) is 0 Å². The molecular weight excluding hydrogens is 218 g/mol. The van der Waals surface area contributed by atoms with Crippen LogP contribution in [0.5, 0.6) is 0 Å². The molecule has 1 fully saturated rings. The predicted molar refractivity (Wildman–Crippen MR) is 66.8 cm³/mol. The molecule has 0 aromatic heterocycles. The number of hydrogen-bond acceptors (Lipinski definition) is 4. The number of ether oxygens (including phenoxy) is 2. The first-order chi connectivity index (χ1) is 8.15. The standard InChI is InChI=1S/C13H25NO3/c1-4-17-13(15)12(14-9-10(2)3)11-5-7-16-8-6-11/h10-12,14H,4-9H2,1-3H3. The third-order valence-electron chi connectivity index (χ3n) is 3.02. The highest BCUT2D eigenvalue weighted by atomic mass is 16.5. The van der Waals surface area contributed by atoms with Gasteiger partial charge in [-0.2, -0.15) is 0 Å². The number of esters is 1. The summed E-state index contributed by atoms with van der Waals surface area (Å²) in [6, 6.07) is -0.166. The van der Waals surface area contributed by atoms with Crippen molar-refractivity contribution in [3.05, 3.63) is 0 Å². The maximum absolute atomic E-state index is 11.9. The summed E-state index contributed by atoms with van der Waals surface area (Å²) >= 11 is 0. The van der Waals surface area contributed by atoms with Gasteiger partial charge in [-0.1, -0.05) is 13.8 Å². The minimum atomic E-state index is -0.166. The first kappa shape index (κ1) is 14.5. The van der Waals surface area contributed by atoms with Gasteiger partial charge in [0.2, 0.25) is 0 Å². The van der Waals surface area contributed by atoms with Gasteiger partial charge in [-0.05, 0) is 38.1 Å². The Kier molecular flexibility index (Phi) is 6.52. The van der Waals surface area contributed by atoms with E-state index in [0.29, 0.717) is 18.4 Å². The highest BCUT2D eigenvalue weighted by Crippen LogP contribution is 2.20. The molecule has 17 heavy (non-hydrogen) atoms. The largest absolute Gasteiger partial charge is 0.465 e. The smallest absolute Gasteiger partial charge is 0.323 e. The van der Waals surface area contributed by atoms with Crippen molar-refractivity contribution in [3.63, 3.8) is 0 Å². The summed E-state index contributed by atoms with van der Waals surface area (Å²) in [6.07, 6.45) is 1.88. The van der Waals surface area contributed by atoms with Crippen LogP contribution in [0.25, 0.3) is 0 Å². The summed E-state index contributed by atoms with van der Waals surface area (Å²) in [6.45, 7) is 8.93. The zero-order chi connectivity index (χ0) is 12.7. The molecule has 1 N–H and O–H groups in total. The third kappa shape index (κ3) is 5.04. The Balaban J connectivity index is 2.53. The van der Waals surface area contributed by atoms with Crippen molar-refractivity contribution >= 4 is 5.97 Å². The van der Waals surface area contributed by atoms with Crippen molar-refractivity contribution in [2.75, 3.05) is 26.4 Å². The summed E-state index contributed by atoms with van der Waals surface area (Å²) in [5, 5.41) is 3.34. The van der Waals surface area contributed by atoms with Crippen LogP contribution in [0.3, 0.4) is 0 Å². The Bertz CT molecular complexity index is 225. The van der Waals surface area contributed by atoms with Crippen LogP contribution in [-0.2, 0) is 14.3 Å². The lowest BCUT2D eigenvalue weighted by Gasteiger charge is -2.30. The minimum Gasteiger partial charge on any atom is -0.465 e. The first-order valence-corrected chi connectivity index (χ1v) is 6.63. The van der Waals surface area contributed by atoms with E-state index in [-0.39, 0.29) is 12.0 Å². The molecule has 1 atom stereocenters. The van der Waals surface area contributed by atoms with Crippen LogP contribution >= 0.6 is 0 Å². The highest BCUT2D eigenvalue weighted by molar-refractivity contribution is 5.76. The molecule has 100 valence electrons. The molecule has 1 aliphatic rings. The van der Waals surface area contributed by atoms with E-state index < -0.39 is 0 Å². The van der Waals surface area contributed by atoms with Gasteiger partial charge in [-0.25, -0.2) is 0 Å². The molecule has 1 heterocycles. The van der Waals surface area contributed by atoms with Crippen molar-refractivity contribution in [2.45, 2.75) is 39.7 Å². The monoisotopic (exact) mass is 243 g/mol. The fourth-order valence-corrected chi connectivity index (χ4v) is 2.09. The van der Waals surface area contributed by atoms with Crippen molar-refractivity contribution in [3.8, 4) is 0 Å². The van der Waals surface area contributed by atoms with Crippen LogP contribution in [0.4, 0.5) is 0 Å². The third-order valence-corrected chi connectivity index (χ3v) is 3.02. The quantitative estimate of drug-likeness (QED) is 0.720. The first-order valence-electron chi connectivity index (χ1n) is 6.63. The second-order valence-corrected chi connectivity index (χ2v) is 4.98. The van der Waals surface area contributed by atoms with Gasteiger partial charge in [0.05, 0.1) is 6.61 Å². The van der Waals surface area contributed by atoms with Crippen molar-refractivity contribution < 1.29 is 14.3 Å². The summed E-state index contributed by atoms with van der Waals surface area (Å²) in [5.74, 6) is 0.772. The zero-order valence-electron chi connectivity index (χ0n) is 11.2. The molecule has 0 bridgehead atoms. The van der Waals surface area contributed by atoms with Gasteiger partial charge in [-0.15, -0.1) is 0 Å². The van der Waals surface area contributed by atoms with E-state index in [1.807, 2.05) is 6.92 Å². The molecule has 0 spiro atoms. The van der Waals surface area contributed by atoms with E-state index >= 15 is 0 Å². The number of rotatable bonds is 6. The molecule has 1 unspecified atom stereocenters. The normalized spacial score (nSPS) is 19.3. The molecule has 4 heteroatoms. The summed E-state index contributed by atoms with van der Waals surface area (Å²) in [7, 11) is 0. The molecule has 0 amide bonds. The van der Waals surface area contributed by atoms with Gasteiger partial charge in [-0.3, -0.25) is 4.79 Å². The Hall–Kier alpha value is -0.610. The number of hydrogen-bond donors (Lipinski definition) is 1. The van der Waals surface area contributed by atoms with Gasteiger partial charge in [0.1, 0.15) is 6.04 Å². The van der Waals surface area contributed by atoms with Crippen LogP contribution in [-0.4, -0.2) is 38.4 Å². The Morgan fingerprint density at radius 2 is 2.06 bits per heavy atom. The molecule has 0 radical (unpaired) electrons. The Morgan fingerprint density at radius 3 is 2.59 bits per heavy atom. The van der Waals surface area contributed by atoms with Gasteiger partial charge in [0.15, 0.2) is 0 Å². The fraction of sp³-hybridized carbons (Fsp3) is 0.923. The molecule has 0 aliphatic carbocycles. The lowest BCUT2D eigenvalue weighted by molar-refractivity contribution is -0.148. The molecule has 0 aromatic rings. The van der Waals surface area contributed by atoms with Gasteiger partial charge >= 0.3 is 5.97 Å². The van der Waals surface area contributed by atoms with Gasteiger partial charge in [0.25, 0.3) is 0 Å². The Labute approximate surface area is 104 Å². The Morgan fingerprint density at radius 1 is 1.41 bits per heavy atom. The van der Waals surface area contributed by atoms with Gasteiger partial charge < -0.3 is 14.8 Å². The van der Waals surface area contributed by atoms with E-state index in [9.17, 15) is 4.79 Å². The average molecular weight is 243 g/mol. The van der Waals surface area contributed by atoms with Crippen molar-refractivity contribution in [2.24, 2.45) is 11.8 Å². The fourth-order valence-electron chi connectivity index (χ4n) is 2.09. The molecule has 1 rings (SSSR count). The van der Waals surface area contributed by atoms with E-state index in [1.54, 1.807) is 0 Å². The van der Waals surface area contributed by atoms with Crippen LogP contribution < -0.4 is 5.32 Å². The van der Waals surface area contributed by atoms with Crippen LogP contribution in [0, 0.1) is 11.8 Å². The highest BCUT2D eigenvalue weighted by Gasteiger charge is 2.30. The zero-order valence-corrected chi connectivity index (χ0v) is 11.2. The molecular formula is C13H25NO3. The van der Waals surface area contributed by atoms with Crippen LogP contribution in [0.2, 0.25) is 0 Å². The predicted octanol–water partition coefficient (Wildman–Crippen LogP) is 1.59. The summed E-state index contributed by atoms with van der Waals surface area (Å²) in [4.78, 5) is 11.9. The number of nitrogens with one attached hydrogen (secondary N) is 1. The van der Waals surface area contributed by atoms with Crippen molar-refractivity contribution in [1.82, 2.24) is 5.32 Å². The van der Waals surface area contributed by atoms with Crippen LogP contribution in [0.1, 0.15) is 33.6 Å². The molecule has 4 nitrogen and oxygen atoms in total. The van der Waals surface area contributed by atoms with Gasteiger partial charge in [0, 0.05) is 13.2 Å². The summed E-state index contributed by atoms with van der Waals surface area (Å²) in [5.41, 5.74) is 0. The van der Waals surface area contributed by atoms with E-state index in [4.69, 9.17) is 9.47 Å². The lowest BCUT2D eigenvalue weighted by Crippen LogP contribution is -2.47. The maximum atomic E-state index is 11.9. The SMILES string of the molecule is CCOC(=O)C(NCC(C)C)C1CCOCC1. The maximum Gasteiger partial charge on any atom is 0.323 e. The number of carbonyl (C=O) groups excluding carboxylic acids is 1. The second kappa shape index (κ2) is 7.67.